The van der Waals surface area contributed by atoms with Gasteiger partial charge in [0.15, 0.2) is 5.96 Å². The summed E-state index contributed by atoms with van der Waals surface area (Å²) in [5, 5.41) is 9.21. The molecule has 3 N–H and O–H groups in total. The number of rotatable bonds is 7. The second-order valence-corrected chi connectivity index (χ2v) is 4.94. The summed E-state index contributed by atoms with van der Waals surface area (Å²) >= 11 is 1.78. The third-order valence-corrected chi connectivity index (χ3v) is 2.88. The van der Waals surface area contributed by atoms with Crippen LogP contribution < -0.4 is 16.0 Å². The van der Waals surface area contributed by atoms with E-state index in [0.717, 1.165) is 31.7 Å². The number of amides is 1. The van der Waals surface area contributed by atoms with Crippen LogP contribution in [-0.4, -0.2) is 49.6 Å². The van der Waals surface area contributed by atoms with Crippen molar-refractivity contribution in [3.8, 4) is 0 Å². The van der Waals surface area contributed by atoms with Crippen molar-refractivity contribution in [3.05, 3.63) is 0 Å². The average Bonchev–Trinajstić information content (AvgIpc) is 3.10. The minimum atomic E-state index is 0.00886. The van der Waals surface area contributed by atoms with Gasteiger partial charge in [-0.05, 0) is 26.0 Å². The molecule has 1 aliphatic carbocycles. The van der Waals surface area contributed by atoms with Crippen LogP contribution in [0.2, 0.25) is 0 Å². The second-order valence-electron chi connectivity index (χ2n) is 3.96. The monoisotopic (exact) mass is 258 g/mol. The molecule has 0 heterocycles. The molecule has 1 aliphatic rings. The second kappa shape index (κ2) is 8.22. The molecule has 0 atom stereocenters. The molecule has 6 heteroatoms. The minimum Gasteiger partial charge on any atom is -0.357 e. The third-order valence-electron chi connectivity index (χ3n) is 2.27. The molecule has 5 nitrogen and oxygen atoms in total. The van der Waals surface area contributed by atoms with Crippen molar-refractivity contribution in [3.63, 3.8) is 0 Å². The lowest BCUT2D eigenvalue weighted by Gasteiger charge is -2.10. The van der Waals surface area contributed by atoms with Crippen LogP contribution in [0, 0.1) is 0 Å². The number of carbonyl (C=O) groups excluding carboxylic acids is 1. The van der Waals surface area contributed by atoms with E-state index >= 15 is 0 Å². The molecule has 0 aromatic rings. The van der Waals surface area contributed by atoms with Crippen LogP contribution >= 0.6 is 11.8 Å². The summed E-state index contributed by atoms with van der Waals surface area (Å²) in [5.74, 6) is 1.75. The normalized spacial score (nSPS) is 15.5. The van der Waals surface area contributed by atoms with Gasteiger partial charge in [-0.3, -0.25) is 4.79 Å². The van der Waals surface area contributed by atoms with Gasteiger partial charge in [-0.1, -0.05) is 0 Å². The summed E-state index contributed by atoms with van der Waals surface area (Å²) in [6.07, 6.45) is 4.29. The number of hydrogen-bond acceptors (Lipinski definition) is 3. The Hall–Kier alpha value is -0.910. The molecule has 1 fully saturated rings. The van der Waals surface area contributed by atoms with Crippen molar-refractivity contribution in [2.24, 2.45) is 4.99 Å². The Kier molecular flexibility index (Phi) is 6.84. The van der Waals surface area contributed by atoms with Crippen LogP contribution in [-0.2, 0) is 4.79 Å². The molecule has 0 spiro atoms. The molecule has 0 aromatic carbocycles. The molecule has 0 bridgehead atoms. The lowest BCUT2D eigenvalue weighted by atomic mass is 10.5. The number of nitrogens with one attached hydrogen (secondary N) is 3. The number of thioether (sulfide) groups is 1. The Bertz CT molecular complexity index is 266. The van der Waals surface area contributed by atoms with Crippen molar-refractivity contribution < 1.29 is 4.79 Å². The largest absolute Gasteiger partial charge is 0.357 e. The highest BCUT2D eigenvalue weighted by Gasteiger charge is 2.22. The highest BCUT2D eigenvalue weighted by atomic mass is 32.2. The maximum atomic E-state index is 11.5. The van der Waals surface area contributed by atoms with Gasteiger partial charge in [0.05, 0.1) is 0 Å². The van der Waals surface area contributed by atoms with E-state index in [9.17, 15) is 4.79 Å². The first-order valence-corrected chi connectivity index (χ1v) is 7.46. The fourth-order valence-corrected chi connectivity index (χ4v) is 1.57. The molecule has 1 rings (SSSR count). The predicted octanol–water partition coefficient (Wildman–Crippen LogP) is 0.183. The summed E-state index contributed by atoms with van der Waals surface area (Å²) in [5.41, 5.74) is 0. The molecule has 0 radical (unpaired) electrons. The van der Waals surface area contributed by atoms with Crippen molar-refractivity contribution in [2.75, 3.05) is 31.6 Å². The van der Waals surface area contributed by atoms with E-state index in [-0.39, 0.29) is 12.5 Å². The Morgan fingerprint density at radius 2 is 2.18 bits per heavy atom. The van der Waals surface area contributed by atoms with Gasteiger partial charge in [0.2, 0.25) is 5.91 Å². The molecule has 17 heavy (non-hydrogen) atoms. The van der Waals surface area contributed by atoms with Gasteiger partial charge in [0, 0.05) is 24.9 Å². The van der Waals surface area contributed by atoms with Gasteiger partial charge in [-0.2, -0.15) is 11.8 Å². The fraction of sp³-hybridized carbons (Fsp3) is 0.818. The number of hydrogen-bond donors (Lipinski definition) is 3. The average molecular weight is 258 g/mol. The smallest absolute Gasteiger partial charge is 0.242 e. The molecule has 98 valence electrons. The highest BCUT2D eigenvalue weighted by molar-refractivity contribution is 7.98. The highest BCUT2D eigenvalue weighted by Crippen LogP contribution is 2.18. The Balaban J connectivity index is 2.24. The van der Waals surface area contributed by atoms with E-state index in [4.69, 9.17) is 0 Å². The third kappa shape index (κ3) is 7.10. The van der Waals surface area contributed by atoms with Crippen LogP contribution in [0.4, 0.5) is 0 Å². The summed E-state index contributed by atoms with van der Waals surface area (Å²) in [7, 11) is 0. The molecule has 0 aliphatic heterocycles. The van der Waals surface area contributed by atoms with E-state index in [1.54, 1.807) is 11.8 Å². The standard InChI is InChI=1S/C11H22N4OS/c1-3-12-11(13-6-7-17-2)14-8-10(16)15-9-4-5-9/h9H,3-8H2,1-2H3,(H,15,16)(H2,12,13,14). The maximum Gasteiger partial charge on any atom is 0.242 e. The topological polar surface area (TPSA) is 65.5 Å². The van der Waals surface area contributed by atoms with Gasteiger partial charge in [-0.25, -0.2) is 4.99 Å². The first-order chi connectivity index (χ1) is 8.26. The van der Waals surface area contributed by atoms with Gasteiger partial charge < -0.3 is 16.0 Å². The molecular weight excluding hydrogens is 236 g/mol. The van der Waals surface area contributed by atoms with E-state index in [1.807, 2.05) is 6.92 Å². The molecule has 1 saturated carbocycles. The Morgan fingerprint density at radius 1 is 1.41 bits per heavy atom. The molecular formula is C11H22N4OS. The summed E-state index contributed by atoms with van der Waals surface area (Å²) in [6, 6.07) is 0.407. The zero-order valence-electron chi connectivity index (χ0n) is 10.6. The summed E-state index contributed by atoms with van der Waals surface area (Å²) < 4.78 is 0. The zero-order valence-corrected chi connectivity index (χ0v) is 11.4. The number of guanidine groups is 1. The first-order valence-electron chi connectivity index (χ1n) is 6.06. The first kappa shape index (κ1) is 14.2. The van der Waals surface area contributed by atoms with E-state index in [0.29, 0.717) is 12.0 Å². The van der Waals surface area contributed by atoms with Crippen LogP contribution in [0.15, 0.2) is 4.99 Å². The Morgan fingerprint density at radius 3 is 2.76 bits per heavy atom. The van der Waals surface area contributed by atoms with E-state index in [1.165, 1.54) is 0 Å². The van der Waals surface area contributed by atoms with Gasteiger partial charge in [0.25, 0.3) is 0 Å². The number of nitrogens with zero attached hydrogens (tertiary/aromatic N) is 1. The molecule has 0 aromatic heterocycles. The SMILES string of the molecule is CCNC(=NCC(=O)NC1CC1)NCCSC. The molecule has 0 saturated heterocycles. The number of aliphatic imine (C=N–C) groups is 1. The maximum absolute atomic E-state index is 11.5. The van der Waals surface area contributed by atoms with Crippen molar-refractivity contribution in [2.45, 2.75) is 25.8 Å². The fourth-order valence-electron chi connectivity index (χ4n) is 1.27. The van der Waals surface area contributed by atoms with Gasteiger partial charge in [-0.15, -0.1) is 0 Å². The van der Waals surface area contributed by atoms with Crippen LogP contribution in [0.1, 0.15) is 19.8 Å². The minimum absolute atomic E-state index is 0.00886. The predicted molar refractivity (Wildman–Crippen MR) is 73.5 cm³/mol. The number of carbonyl (C=O) groups is 1. The quantitative estimate of drug-likeness (QED) is 0.346. The molecule has 0 unspecified atom stereocenters. The summed E-state index contributed by atoms with van der Waals surface area (Å²) in [6.45, 7) is 3.87. The van der Waals surface area contributed by atoms with E-state index in [2.05, 4.69) is 27.2 Å². The Labute approximate surface area is 107 Å². The van der Waals surface area contributed by atoms with Crippen molar-refractivity contribution >= 4 is 23.6 Å². The van der Waals surface area contributed by atoms with E-state index < -0.39 is 0 Å². The van der Waals surface area contributed by atoms with Crippen molar-refractivity contribution in [1.29, 1.82) is 0 Å². The van der Waals surface area contributed by atoms with Gasteiger partial charge in [0.1, 0.15) is 6.54 Å². The zero-order chi connectivity index (χ0) is 12.5. The van der Waals surface area contributed by atoms with Crippen molar-refractivity contribution in [1.82, 2.24) is 16.0 Å². The van der Waals surface area contributed by atoms with Crippen LogP contribution in [0.25, 0.3) is 0 Å². The lowest BCUT2D eigenvalue weighted by Crippen LogP contribution is -2.39. The molecule has 1 amide bonds. The van der Waals surface area contributed by atoms with Gasteiger partial charge >= 0.3 is 0 Å². The summed E-state index contributed by atoms with van der Waals surface area (Å²) in [4.78, 5) is 15.7. The van der Waals surface area contributed by atoms with Crippen LogP contribution in [0.3, 0.4) is 0 Å². The van der Waals surface area contributed by atoms with Crippen LogP contribution in [0.5, 0.6) is 0 Å². The lowest BCUT2D eigenvalue weighted by molar-refractivity contribution is -0.119.